The molecule has 25 heavy (non-hydrogen) atoms. The Morgan fingerprint density at radius 2 is 1.84 bits per heavy atom. The van der Waals surface area contributed by atoms with Gasteiger partial charge in [-0.05, 0) is 43.5 Å². The molecule has 1 saturated carbocycles. The normalized spacial score (nSPS) is 14.6. The van der Waals surface area contributed by atoms with Crippen LogP contribution >= 0.6 is 0 Å². The molecule has 2 aromatic rings. The monoisotopic (exact) mass is 340 g/mol. The molecule has 0 aliphatic heterocycles. The number of amides is 2. The molecule has 1 fully saturated rings. The number of halogens is 1. The largest absolute Gasteiger partial charge is 0.338 e. The quantitative estimate of drug-likeness (QED) is 0.817. The SMILES string of the molecule is CCN(Cc1ccccc1)C(=O)C1(C(=O)Nc2cccc(F)c2)CC1. The van der Waals surface area contributed by atoms with E-state index in [1.165, 1.54) is 18.2 Å². The molecule has 0 radical (unpaired) electrons. The van der Waals surface area contributed by atoms with Crippen LogP contribution in [0.3, 0.4) is 0 Å². The summed E-state index contributed by atoms with van der Waals surface area (Å²) in [6, 6.07) is 15.4. The lowest BCUT2D eigenvalue weighted by molar-refractivity contribution is -0.142. The summed E-state index contributed by atoms with van der Waals surface area (Å²) in [6.45, 7) is 2.91. The summed E-state index contributed by atoms with van der Waals surface area (Å²) in [5.41, 5.74) is 0.381. The molecule has 1 N–H and O–H groups in total. The molecular formula is C20H21FN2O2. The second kappa shape index (κ2) is 7.05. The van der Waals surface area contributed by atoms with Gasteiger partial charge in [0.1, 0.15) is 11.2 Å². The van der Waals surface area contributed by atoms with Gasteiger partial charge in [-0.2, -0.15) is 0 Å². The van der Waals surface area contributed by atoms with Crippen LogP contribution in [0.15, 0.2) is 54.6 Å². The van der Waals surface area contributed by atoms with Gasteiger partial charge in [-0.25, -0.2) is 4.39 Å². The van der Waals surface area contributed by atoms with Crippen LogP contribution in [-0.4, -0.2) is 23.3 Å². The van der Waals surface area contributed by atoms with Gasteiger partial charge in [-0.15, -0.1) is 0 Å². The van der Waals surface area contributed by atoms with E-state index in [0.29, 0.717) is 31.6 Å². The minimum Gasteiger partial charge on any atom is -0.338 e. The minimum absolute atomic E-state index is 0.159. The summed E-state index contributed by atoms with van der Waals surface area (Å²) in [7, 11) is 0. The van der Waals surface area contributed by atoms with Crippen molar-refractivity contribution in [2.24, 2.45) is 5.41 Å². The number of nitrogens with zero attached hydrogens (tertiary/aromatic N) is 1. The average molecular weight is 340 g/mol. The molecule has 4 nitrogen and oxygen atoms in total. The predicted octanol–water partition coefficient (Wildman–Crippen LogP) is 3.59. The highest BCUT2D eigenvalue weighted by atomic mass is 19.1. The Labute approximate surface area is 146 Å². The lowest BCUT2D eigenvalue weighted by Crippen LogP contribution is -2.42. The number of hydrogen-bond acceptors (Lipinski definition) is 2. The summed E-state index contributed by atoms with van der Waals surface area (Å²) in [6.07, 6.45) is 1.05. The molecule has 0 bridgehead atoms. The van der Waals surface area contributed by atoms with Crippen LogP contribution < -0.4 is 5.32 Å². The lowest BCUT2D eigenvalue weighted by Gasteiger charge is -2.26. The van der Waals surface area contributed by atoms with Gasteiger partial charge in [-0.1, -0.05) is 36.4 Å². The van der Waals surface area contributed by atoms with E-state index in [1.54, 1.807) is 11.0 Å². The second-order valence-electron chi connectivity index (χ2n) is 6.35. The molecule has 5 heteroatoms. The van der Waals surface area contributed by atoms with Gasteiger partial charge in [-0.3, -0.25) is 9.59 Å². The Kier molecular flexibility index (Phi) is 4.83. The molecule has 0 spiro atoms. The molecule has 0 heterocycles. The minimum atomic E-state index is -1.02. The van der Waals surface area contributed by atoms with Crippen LogP contribution in [0, 0.1) is 11.2 Å². The van der Waals surface area contributed by atoms with Crippen molar-refractivity contribution in [3.8, 4) is 0 Å². The van der Waals surface area contributed by atoms with Crippen molar-refractivity contribution in [2.45, 2.75) is 26.3 Å². The molecule has 0 aromatic heterocycles. The molecule has 2 aromatic carbocycles. The van der Waals surface area contributed by atoms with Crippen LogP contribution in [0.5, 0.6) is 0 Å². The van der Waals surface area contributed by atoms with E-state index in [9.17, 15) is 14.0 Å². The van der Waals surface area contributed by atoms with Crippen LogP contribution in [0.1, 0.15) is 25.3 Å². The first kappa shape index (κ1) is 17.1. The maximum absolute atomic E-state index is 13.3. The van der Waals surface area contributed by atoms with Crippen molar-refractivity contribution in [3.05, 3.63) is 66.0 Å². The topological polar surface area (TPSA) is 49.4 Å². The molecule has 3 rings (SSSR count). The lowest BCUT2D eigenvalue weighted by atomic mass is 10.0. The standard InChI is InChI=1S/C20H21FN2O2/c1-2-23(14-15-7-4-3-5-8-15)19(25)20(11-12-20)18(24)22-17-10-6-9-16(21)13-17/h3-10,13H,2,11-12,14H2,1H3,(H,22,24). The molecule has 0 atom stereocenters. The second-order valence-corrected chi connectivity index (χ2v) is 6.35. The number of rotatable bonds is 6. The van der Waals surface area contributed by atoms with Crippen molar-refractivity contribution >= 4 is 17.5 Å². The van der Waals surface area contributed by atoms with E-state index >= 15 is 0 Å². The zero-order chi connectivity index (χ0) is 17.9. The predicted molar refractivity (Wildman–Crippen MR) is 94.2 cm³/mol. The van der Waals surface area contributed by atoms with E-state index < -0.39 is 11.2 Å². The number of hydrogen-bond donors (Lipinski definition) is 1. The van der Waals surface area contributed by atoms with Gasteiger partial charge >= 0.3 is 0 Å². The third kappa shape index (κ3) is 3.71. The maximum Gasteiger partial charge on any atom is 0.240 e. The summed E-state index contributed by atoms with van der Waals surface area (Å²) < 4.78 is 13.3. The third-order valence-electron chi connectivity index (χ3n) is 4.56. The first-order valence-corrected chi connectivity index (χ1v) is 8.45. The van der Waals surface area contributed by atoms with Gasteiger partial charge in [0.25, 0.3) is 0 Å². The number of carbonyl (C=O) groups excluding carboxylic acids is 2. The number of anilines is 1. The summed E-state index contributed by atoms with van der Waals surface area (Å²) >= 11 is 0. The summed E-state index contributed by atoms with van der Waals surface area (Å²) in [5, 5.41) is 2.68. The molecule has 130 valence electrons. The van der Waals surface area contributed by atoms with E-state index in [0.717, 1.165) is 5.56 Å². The number of benzene rings is 2. The molecule has 0 saturated heterocycles. The third-order valence-corrected chi connectivity index (χ3v) is 4.56. The first-order valence-electron chi connectivity index (χ1n) is 8.45. The van der Waals surface area contributed by atoms with Gasteiger partial charge < -0.3 is 10.2 Å². The highest BCUT2D eigenvalue weighted by Crippen LogP contribution is 2.48. The molecule has 1 aliphatic carbocycles. The Balaban J connectivity index is 1.72. The van der Waals surface area contributed by atoms with Crippen molar-refractivity contribution in [3.63, 3.8) is 0 Å². The fourth-order valence-corrected chi connectivity index (χ4v) is 2.91. The smallest absolute Gasteiger partial charge is 0.240 e. The molecular weight excluding hydrogens is 319 g/mol. The summed E-state index contributed by atoms with van der Waals surface area (Å²) in [5.74, 6) is -0.935. The highest BCUT2D eigenvalue weighted by molar-refractivity contribution is 6.13. The van der Waals surface area contributed by atoms with Gasteiger partial charge in [0.2, 0.25) is 11.8 Å². The van der Waals surface area contributed by atoms with Gasteiger partial charge in [0, 0.05) is 18.8 Å². The van der Waals surface area contributed by atoms with E-state index in [4.69, 9.17) is 0 Å². The van der Waals surface area contributed by atoms with Crippen LogP contribution in [-0.2, 0) is 16.1 Å². The van der Waals surface area contributed by atoms with Crippen LogP contribution in [0.25, 0.3) is 0 Å². The summed E-state index contributed by atoms with van der Waals surface area (Å²) in [4.78, 5) is 27.3. The Morgan fingerprint density at radius 1 is 1.12 bits per heavy atom. The molecule has 1 aliphatic rings. The fraction of sp³-hybridized carbons (Fsp3) is 0.300. The van der Waals surface area contributed by atoms with Crippen molar-refractivity contribution in [1.82, 2.24) is 4.90 Å². The van der Waals surface area contributed by atoms with Crippen LogP contribution in [0.4, 0.5) is 10.1 Å². The zero-order valence-corrected chi connectivity index (χ0v) is 14.2. The highest BCUT2D eigenvalue weighted by Gasteiger charge is 2.57. The van der Waals surface area contributed by atoms with Gasteiger partial charge in [0.05, 0.1) is 0 Å². The Hall–Kier alpha value is -2.69. The first-order chi connectivity index (χ1) is 12.0. The fourth-order valence-electron chi connectivity index (χ4n) is 2.91. The van der Waals surface area contributed by atoms with Crippen LogP contribution in [0.2, 0.25) is 0 Å². The van der Waals surface area contributed by atoms with Crippen molar-refractivity contribution < 1.29 is 14.0 Å². The maximum atomic E-state index is 13.3. The van der Waals surface area contributed by atoms with E-state index in [-0.39, 0.29) is 11.8 Å². The van der Waals surface area contributed by atoms with Gasteiger partial charge in [0.15, 0.2) is 0 Å². The molecule has 0 unspecified atom stereocenters. The van der Waals surface area contributed by atoms with Crippen molar-refractivity contribution in [1.29, 1.82) is 0 Å². The van der Waals surface area contributed by atoms with Crippen molar-refractivity contribution in [2.75, 3.05) is 11.9 Å². The van der Waals surface area contributed by atoms with E-state index in [2.05, 4.69) is 5.32 Å². The average Bonchev–Trinajstić information content (AvgIpc) is 3.42. The zero-order valence-electron chi connectivity index (χ0n) is 14.2. The Bertz CT molecular complexity index is 772. The molecule has 2 amide bonds. The number of carbonyl (C=O) groups is 2. The van der Waals surface area contributed by atoms with E-state index in [1.807, 2.05) is 37.3 Å². The number of nitrogens with one attached hydrogen (secondary N) is 1. The Morgan fingerprint density at radius 3 is 2.44 bits per heavy atom.